The monoisotopic (exact) mass is 345 g/mol. The highest BCUT2D eigenvalue weighted by molar-refractivity contribution is 9.10. The quantitative estimate of drug-likeness (QED) is 0.887. The third-order valence-electron chi connectivity index (χ3n) is 2.54. The summed E-state index contributed by atoms with van der Waals surface area (Å²) in [6, 6.07) is 6.20. The first-order valence-corrected chi connectivity index (χ1v) is 6.56. The average molecular weight is 346 g/mol. The molecule has 0 saturated carbocycles. The minimum Gasteiger partial charge on any atom is -0.448 e. The number of benzene rings is 2. The minimum atomic E-state index is -0.880. The van der Waals surface area contributed by atoms with Crippen LogP contribution in [0.4, 0.5) is 13.2 Å². The molecule has 106 valence electrons. The van der Waals surface area contributed by atoms with Gasteiger partial charge in [0.25, 0.3) is 0 Å². The highest BCUT2D eigenvalue weighted by Gasteiger charge is 2.15. The first-order chi connectivity index (χ1) is 9.51. The van der Waals surface area contributed by atoms with Gasteiger partial charge < -0.3 is 10.1 Å². The third-order valence-corrected chi connectivity index (χ3v) is 3.04. The summed E-state index contributed by atoms with van der Waals surface area (Å²) >= 11 is 3.14. The summed E-state index contributed by atoms with van der Waals surface area (Å²) < 4.78 is 46.7. The van der Waals surface area contributed by atoms with Gasteiger partial charge in [-0.15, -0.1) is 0 Å². The molecule has 0 aromatic heterocycles. The first kappa shape index (κ1) is 14.9. The van der Waals surface area contributed by atoms with E-state index in [1.54, 1.807) is 7.05 Å². The van der Waals surface area contributed by atoms with E-state index in [-0.39, 0.29) is 5.75 Å². The molecule has 0 radical (unpaired) electrons. The molecule has 2 aromatic carbocycles. The van der Waals surface area contributed by atoms with Crippen LogP contribution in [-0.2, 0) is 6.54 Å². The second-order valence-electron chi connectivity index (χ2n) is 4.10. The Bertz CT molecular complexity index is 611. The van der Waals surface area contributed by atoms with Crippen LogP contribution in [0.25, 0.3) is 0 Å². The molecule has 0 amide bonds. The molecule has 2 aromatic rings. The summed E-state index contributed by atoms with van der Waals surface area (Å²) in [6.45, 7) is 0.319. The molecule has 0 unspecified atom stereocenters. The van der Waals surface area contributed by atoms with Crippen LogP contribution in [0.5, 0.6) is 11.5 Å². The van der Waals surface area contributed by atoms with Crippen LogP contribution in [0.2, 0.25) is 0 Å². The summed E-state index contributed by atoms with van der Waals surface area (Å²) in [4.78, 5) is 0. The maximum atomic E-state index is 13.8. The number of hydrogen-bond acceptors (Lipinski definition) is 2. The largest absolute Gasteiger partial charge is 0.448 e. The fourth-order valence-corrected chi connectivity index (χ4v) is 2.02. The Morgan fingerprint density at radius 1 is 1.05 bits per heavy atom. The molecule has 2 rings (SSSR count). The SMILES string of the molecule is CNCc1cc(F)c(Oc2cc(Br)ccc2F)c(F)c1. The smallest absolute Gasteiger partial charge is 0.198 e. The fraction of sp³-hybridized carbons (Fsp3) is 0.143. The summed E-state index contributed by atoms with van der Waals surface area (Å²) in [5.41, 5.74) is 0.435. The van der Waals surface area contributed by atoms with Crippen molar-refractivity contribution in [2.75, 3.05) is 7.05 Å². The predicted molar refractivity (Wildman–Crippen MR) is 73.3 cm³/mol. The van der Waals surface area contributed by atoms with Crippen LogP contribution in [-0.4, -0.2) is 7.05 Å². The number of rotatable bonds is 4. The molecule has 0 atom stereocenters. The zero-order chi connectivity index (χ0) is 14.7. The molecule has 0 saturated heterocycles. The zero-order valence-electron chi connectivity index (χ0n) is 10.5. The van der Waals surface area contributed by atoms with E-state index < -0.39 is 23.2 Å². The molecule has 1 N–H and O–H groups in total. The highest BCUT2D eigenvalue weighted by atomic mass is 79.9. The number of ether oxygens (including phenoxy) is 1. The van der Waals surface area contributed by atoms with E-state index >= 15 is 0 Å². The first-order valence-electron chi connectivity index (χ1n) is 5.76. The Balaban J connectivity index is 2.36. The van der Waals surface area contributed by atoms with Gasteiger partial charge in [-0.1, -0.05) is 15.9 Å². The van der Waals surface area contributed by atoms with E-state index in [1.165, 1.54) is 12.1 Å². The van der Waals surface area contributed by atoms with Crippen LogP contribution in [0.3, 0.4) is 0 Å². The van der Waals surface area contributed by atoms with Gasteiger partial charge in [-0.05, 0) is 42.9 Å². The summed E-state index contributed by atoms with van der Waals surface area (Å²) in [6.07, 6.45) is 0. The standard InChI is InChI=1S/C14H11BrF3NO/c1-19-7-8-4-11(17)14(12(18)5-8)20-13-6-9(15)2-3-10(13)16/h2-6,19H,7H2,1H3. The van der Waals surface area contributed by atoms with E-state index in [4.69, 9.17) is 4.74 Å². The Hall–Kier alpha value is -1.53. The van der Waals surface area contributed by atoms with Gasteiger partial charge in [0.15, 0.2) is 29.0 Å². The summed E-state index contributed by atoms with van der Waals surface area (Å²) in [7, 11) is 1.66. The van der Waals surface area contributed by atoms with Crippen LogP contribution >= 0.6 is 15.9 Å². The van der Waals surface area contributed by atoms with Gasteiger partial charge in [-0.25, -0.2) is 13.2 Å². The van der Waals surface area contributed by atoms with Crippen molar-refractivity contribution in [3.8, 4) is 11.5 Å². The summed E-state index contributed by atoms with van der Waals surface area (Å²) in [5.74, 6) is -3.34. The predicted octanol–water partition coefficient (Wildman–Crippen LogP) is 4.38. The van der Waals surface area contributed by atoms with Crippen LogP contribution in [0, 0.1) is 17.5 Å². The van der Waals surface area contributed by atoms with E-state index in [1.807, 2.05) is 0 Å². The lowest BCUT2D eigenvalue weighted by atomic mass is 10.2. The number of hydrogen-bond donors (Lipinski definition) is 1. The van der Waals surface area contributed by atoms with Gasteiger partial charge in [-0.3, -0.25) is 0 Å². The lowest BCUT2D eigenvalue weighted by Gasteiger charge is -2.10. The maximum Gasteiger partial charge on any atom is 0.198 e. The molecule has 0 aliphatic rings. The van der Waals surface area contributed by atoms with Crippen LogP contribution < -0.4 is 10.1 Å². The second kappa shape index (κ2) is 6.28. The minimum absolute atomic E-state index is 0.251. The molecule has 0 aliphatic carbocycles. The topological polar surface area (TPSA) is 21.3 Å². The van der Waals surface area contributed by atoms with Crippen LogP contribution in [0.15, 0.2) is 34.8 Å². The van der Waals surface area contributed by atoms with Gasteiger partial charge in [0.05, 0.1) is 0 Å². The number of halogens is 4. The van der Waals surface area contributed by atoms with Crippen LogP contribution in [0.1, 0.15) is 5.56 Å². The van der Waals surface area contributed by atoms with Gasteiger partial charge in [0.2, 0.25) is 0 Å². The van der Waals surface area contributed by atoms with Crippen molar-refractivity contribution in [2.24, 2.45) is 0 Å². The Kier molecular flexibility index (Phi) is 4.67. The maximum absolute atomic E-state index is 13.8. The molecular formula is C14H11BrF3NO. The van der Waals surface area contributed by atoms with Crippen molar-refractivity contribution < 1.29 is 17.9 Å². The van der Waals surface area contributed by atoms with Gasteiger partial charge >= 0.3 is 0 Å². The van der Waals surface area contributed by atoms with Crippen molar-refractivity contribution in [1.82, 2.24) is 5.32 Å². The number of nitrogens with one attached hydrogen (secondary N) is 1. The average Bonchev–Trinajstić information content (AvgIpc) is 2.38. The van der Waals surface area contributed by atoms with Gasteiger partial charge in [-0.2, -0.15) is 0 Å². The fourth-order valence-electron chi connectivity index (χ4n) is 1.68. The van der Waals surface area contributed by atoms with E-state index in [2.05, 4.69) is 21.2 Å². The lowest BCUT2D eigenvalue weighted by Crippen LogP contribution is -2.06. The molecular weight excluding hydrogens is 335 g/mol. The van der Waals surface area contributed by atoms with Crippen molar-refractivity contribution in [3.05, 3.63) is 57.8 Å². The molecule has 0 heterocycles. The van der Waals surface area contributed by atoms with Gasteiger partial charge in [0.1, 0.15) is 0 Å². The van der Waals surface area contributed by atoms with E-state index in [0.29, 0.717) is 16.6 Å². The lowest BCUT2D eigenvalue weighted by molar-refractivity contribution is 0.386. The Morgan fingerprint density at radius 3 is 2.30 bits per heavy atom. The molecule has 0 fully saturated rings. The molecule has 0 aliphatic heterocycles. The van der Waals surface area contributed by atoms with Crippen molar-refractivity contribution in [3.63, 3.8) is 0 Å². The van der Waals surface area contributed by atoms with E-state index in [0.717, 1.165) is 18.2 Å². The molecule has 2 nitrogen and oxygen atoms in total. The van der Waals surface area contributed by atoms with E-state index in [9.17, 15) is 13.2 Å². The second-order valence-corrected chi connectivity index (χ2v) is 5.01. The van der Waals surface area contributed by atoms with Crippen molar-refractivity contribution in [1.29, 1.82) is 0 Å². The van der Waals surface area contributed by atoms with Crippen molar-refractivity contribution >= 4 is 15.9 Å². The molecule has 20 heavy (non-hydrogen) atoms. The zero-order valence-corrected chi connectivity index (χ0v) is 12.1. The third kappa shape index (κ3) is 3.32. The molecule has 6 heteroatoms. The van der Waals surface area contributed by atoms with Crippen molar-refractivity contribution in [2.45, 2.75) is 6.54 Å². The van der Waals surface area contributed by atoms with Gasteiger partial charge in [0, 0.05) is 11.0 Å². The Morgan fingerprint density at radius 2 is 1.70 bits per heavy atom. The summed E-state index contributed by atoms with van der Waals surface area (Å²) in [5, 5.41) is 2.78. The molecule has 0 bridgehead atoms. The normalized spacial score (nSPS) is 10.7. The highest BCUT2D eigenvalue weighted by Crippen LogP contribution is 2.31. The molecule has 0 spiro atoms. The Labute approximate surface area is 122 Å².